The molecule has 2 aromatic carbocycles. The summed E-state index contributed by atoms with van der Waals surface area (Å²) in [5, 5.41) is 6.60. The lowest BCUT2D eigenvalue weighted by Crippen LogP contribution is -2.45. The third-order valence-corrected chi connectivity index (χ3v) is 5.69. The Morgan fingerprint density at radius 2 is 2.11 bits per heavy atom. The molecular weight excluding hydrogens is 426 g/mol. The van der Waals surface area contributed by atoms with Gasteiger partial charge in [-0.3, -0.25) is 15.8 Å². The van der Waals surface area contributed by atoms with Crippen molar-refractivity contribution in [1.82, 2.24) is 4.98 Å². The van der Waals surface area contributed by atoms with Crippen LogP contribution >= 0.6 is 27.3 Å². The Kier molecular flexibility index (Phi) is 4.55. The Labute approximate surface area is 168 Å². The fourth-order valence-electron chi connectivity index (χ4n) is 2.92. The molecule has 3 aromatic rings. The van der Waals surface area contributed by atoms with Crippen molar-refractivity contribution >= 4 is 50.2 Å². The van der Waals surface area contributed by atoms with E-state index >= 15 is 0 Å². The summed E-state index contributed by atoms with van der Waals surface area (Å²) >= 11 is 4.69. The van der Waals surface area contributed by atoms with E-state index in [1.165, 1.54) is 11.3 Å². The predicted octanol–water partition coefficient (Wildman–Crippen LogP) is 4.08. The number of hydrogen-bond donors (Lipinski definition) is 3. The predicted molar refractivity (Wildman–Crippen MR) is 112 cm³/mol. The largest absolute Gasteiger partial charge is 0.345 e. The lowest BCUT2D eigenvalue weighted by Gasteiger charge is -2.33. The maximum Gasteiger partial charge on any atom is 0.257 e. The fourth-order valence-corrected chi connectivity index (χ4v) is 4.03. The number of benzene rings is 2. The Morgan fingerprint density at radius 3 is 2.89 bits per heavy atom. The molecule has 27 heavy (non-hydrogen) atoms. The first-order valence-electron chi connectivity index (χ1n) is 8.20. The summed E-state index contributed by atoms with van der Waals surface area (Å²) in [7, 11) is 0. The molecule has 1 aliphatic rings. The molecular formula is C19H16BrN5OS. The molecule has 8 heteroatoms. The van der Waals surface area contributed by atoms with E-state index in [9.17, 15) is 4.79 Å². The normalized spacial score (nSPS) is 17.9. The highest BCUT2D eigenvalue weighted by Crippen LogP contribution is 2.31. The highest BCUT2D eigenvalue weighted by Gasteiger charge is 2.31. The first-order valence-corrected chi connectivity index (χ1v) is 9.81. The van der Waals surface area contributed by atoms with Gasteiger partial charge in [-0.15, -0.1) is 0 Å². The smallest absolute Gasteiger partial charge is 0.257 e. The Morgan fingerprint density at radius 1 is 1.30 bits per heavy atom. The number of carbonyl (C=O) groups excluding carboxylic acids is 1. The third-order valence-electron chi connectivity index (χ3n) is 4.30. The number of rotatable bonds is 3. The lowest BCUT2D eigenvalue weighted by atomic mass is 9.97. The number of aryl methyl sites for hydroxylation is 1. The maximum atomic E-state index is 12.6. The molecule has 1 unspecified atom stereocenters. The van der Waals surface area contributed by atoms with Gasteiger partial charge in [0.25, 0.3) is 5.91 Å². The van der Waals surface area contributed by atoms with Crippen LogP contribution in [-0.4, -0.2) is 17.1 Å². The number of amides is 1. The Hall–Kier alpha value is -2.55. The van der Waals surface area contributed by atoms with Crippen molar-refractivity contribution in [3.05, 3.63) is 74.7 Å². The minimum Gasteiger partial charge on any atom is -0.345 e. The van der Waals surface area contributed by atoms with Crippen LogP contribution in [-0.2, 0) is 5.79 Å². The van der Waals surface area contributed by atoms with Crippen molar-refractivity contribution < 1.29 is 4.79 Å². The van der Waals surface area contributed by atoms with Crippen molar-refractivity contribution in [2.45, 2.75) is 12.7 Å². The van der Waals surface area contributed by atoms with Gasteiger partial charge in [-0.1, -0.05) is 35.6 Å². The van der Waals surface area contributed by atoms with E-state index < -0.39 is 5.79 Å². The number of aromatic nitrogens is 1. The van der Waals surface area contributed by atoms with E-state index in [0.29, 0.717) is 10.7 Å². The van der Waals surface area contributed by atoms with Gasteiger partial charge in [0.2, 0.25) is 5.79 Å². The molecule has 0 saturated carbocycles. The molecule has 4 rings (SSSR count). The number of anilines is 2. The molecule has 0 bridgehead atoms. The number of halogens is 1. The van der Waals surface area contributed by atoms with Crippen LogP contribution in [0, 0.1) is 6.92 Å². The van der Waals surface area contributed by atoms with Crippen LogP contribution in [0.15, 0.2) is 57.4 Å². The van der Waals surface area contributed by atoms with Crippen molar-refractivity contribution in [1.29, 1.82) is 0 Å². The average molecular weight is 442 g/mol. The molecule has 1 aliphatic heterocycles. The molecule has 0 fully saturated rings. The van der Waals surface area contributed by atoms with Gasteiger partial charge >= 0.3 is 0 Å². The zero-order valence-electron chi connectivity index (χ0n) is 14.4. The number of nitrogens with zero attached hydrogens (tertiary/aromatic N) is 2. The molecule has 0 aliphatic carbocycles. The molecule has 0 radical (unpaired) electrons. The zero-order chi connectivity index (χ0) is 19.0. The van der Waals surface area contributed by atoms with Gasteiger partial charge in [0, 0.05) is 28.6 Å². The number of para-hydroxylation sites is 1. The van der Waals surface area contributed by atoms with Gasteiger partial charge in [0.05, 0.1) is 9.98 Å². The lowest BCUT2D eigenvalue weighted by molar-refractivity contribution is 0.102. The second kappa shape index (κ2) is 6.88. The first kappa shape index (κ1) is 17.8. The Bertz CT molecular complexity index is 1060. The number of nitrogens with two attached hydrogens (primary N) is 1. The maximum absolute atomic E-state index is 12.6. The highest BCUT2D eigenvalue weighted by atomic mass is 79.9. The minimum absolute atomic E-state index is 0.248. The van der Waals surface area contributed by atoms with Crippen molar-refractivity contribution in [3.63, 3.8) is 0 Å². The number of thiazole rings is 1. The van der Waals surface area contributed by atoms with Crippen LogP contribution in [0.25, 0.3) is 0 Å². The summed E-state index contributed by atoms with van der Waals surface area (Å²) < 4.78 is 0.850. The fraction of sp³-hybridized carbons (Fsp3) is 0.105. The number of fused-ring (bicyclic) bond motifs is 1. The molecule has 0 saturated heterocycles. The van der Waals surface area contributed by atoms with Crippen LogP contribution in [0.1, 0.15) is 27.0 Å². The molecule has 1 aromatic heterocycles. The van der Waals surface area contributed by atoms with Crippen LogP contribution in [0.5, 0.6) is 0 Å². The monoisotopic (exact) mass is 441 g/mol. The van der Waals surface area contributed by atoms with Gasteiger partial charge in [-0.05, 0) is 46.6 Å². The Balaban J connectivity index is 1.66. The van der Waals surface area contributed by atoms with Crippen LogP contribution in [0.3, 0.4) is 0 Å². The van der Waals surface area contributed by atoms with Crippen LogP contribution < -0.4 is 16.4 Å². The second-order valence-corrected chi connectivity index (χ2v) is 8.60. The summed E-state index contributed by atoms with van der Waals surface area (Å²) in [5.74, 6) is -1.39. The molecule has 136 valence electrons. The highest BCUT2D eigenvalue weighted by molar-refractivity contribution is 9.11. The van der Waals surface area contributed by atoms with E-state index in [1.54, 1.807) is 24.5 Å². The quantitative estimate of drug-likeness (QED) is 0.570. The van der Waals surface area contributed by atoms with E-state index in [-0.39, 0.29) is 5.91 Å². The van der Waals surface area contributed by atoms with Crippen LogP contribution in [0.2, 0.25) is 0 Å². The summed E-state index contributed by atoms with van der Waals surface area (Å²) in [6.45, 7) is 1.95. The number of nitrogens with one attached hydrogen (secondary N) is 2. The van der Waals surface area contributed by atoms with E-state index in [0.717, 1.165) is 26.2 Å². The summed E-state index contributed by atoms with van der Waals surface area (Å²) in [6, 6.07) is 13.2. The molecule has 1 amide bonds. The number of carbonyl (C=O) groups is 1. The van der Waals surface area contributed by atoms with E-state index in [4.69, 9.17) is 5.73 Å². The standard InChI is InChI=1S/C19H16BrN5OS/c1-11-6-7-12(17(26)24-18-22-10-16(20)27-18)8-14(11)19(21)23-9-13-4-2-3-5-15(13)25-19/h2-10,25H,21H2,1H3,(H,22,24,26). The zero-order valence-corrected chi connectivity index (χ0v) is 16.8. The van der Waals surface area contributed by atoms with E-state index in [2.05, 4.69) is 36.5 Å². The van der Waals surface area contributed by atoms with Crippen molar-refractivity contribution in [2.24, 2.45) is 10.7 Å². The summed E-state index contributed by atoms with van der Waals surface area (Å²) in [4.78, 5) is 21.3. The third kappa shape index (κ3) is 3.51. The van der Waals surface area contributed by atoms with Gasteiger partial charge in [0.15, 0.2) is 5.13 Å². The van der Waals surface area contributed by atoms with Gasteiger partial charge in [0.1, 0.15) is 0 Å². The van der Waals surface area contributed by atoms with Crippen molar-refractivity contribution in [3.8, 4) is 0 Å². The van der Waals surface area contributed by atoms with Gasteiger partial charge < -0.3 is 5.32 Å². The van der Waals surface area contributed by atoms with Crippen molar-refractivity contribution in [2.75, 3.05) is 10.6 Å². The van der Waals surface area contributed by atoms with Gasteiger partial charge in [-0.2, -0.15) is 0 Å². The number of hydrogen-bond acceptors (Lipinski definition) is 6. The van der Waals surface area contributed by atoms with Crippen LogP contribution in [0.4, 0.5) is 10.8 Å². The van der Waals surface area contributed by atoms with E-state index in [1.807, 2.05) is 37.3 Å². The molecule has 0 spiro atoms. The minimum atomic E-state index is -1.14. The topological polar surface area (TPSA) is 92.4 Å². The summed E-state index contributed by atoms with van der Waals surface area (Å²) in [6.07, 6.45) is 3.40. The number of aliphatic imine (C=N–C) groups is 1. The first-order chi connectivity index (χ1) is 12.9. The average Bonchev–Trinajstić information content (AvgIpc) is 3.06. The molecule has 6 nitrogen and oxygen atoms in total. The SMILES string of the molecule is Cc1ccc(C(=O)Nc2ncc(Br)s2)cc1C1(N)N=Cc2ccccc2N1. The summed E-state index contributed by atoms with van der Waals surface area (Å²) in [5.41, 5.74) is 10.6. The second-order valence-electron chi connectivity index (χ2n) is 6.19. The molecule has 1 atom stereocenters. The molecule has 4 N–H and O–H groups in total. The molecule has 2 heterocycles. The van der Waals surface area contributed by atoms with Gasteiger partial charge in [-0.25, -0.2) is 9.98 Å².